The Labute approximate surface area is 127 Å². The molecule has 0 unspecified atom stereocenters. The molecular weight excluding hydrogens is 264 g/mol. The summed E-state index contributed by atoms with van der Waals surface area (Å²) in [6, 6.07) is 0. The number of carbonyl (C=O) groups is 2. The molecule has 0 heterocycles. The Kier molecular flexibility index (Phi) is 3.27. The average Bonchev–Trinajstić information content (AvgIpc) is 2.75. The fraction of sp³-hybridized carbons (Fsp3) is 0.889. The minimum Gasteiger partial charge on any atom is -0.469 e. The number of ether oxygens (including phenoxy) is 1. The molecule has 0 amide bonds. The molecule has 0 bridgehead atoms. The molecule has 3 aliphatic rings. The Morgan fingerprint density at radius 3 is 2.48 bits per heavy atom. The molecule has 3 saturated carbocycles. The van der Waals surface area contributed by atoms with Gasteiger partial charge in [-0.3, -0.25) is 9.59 Å². The van der Waals surface area contributed by atoms with Gasteiger partial charge in [0.15, 0.2) is 0 Å². The highest BCUT2D eigenvalue weighted by Gasteiger charge is 2.64. The van der Waals surface area contributed by atoms with Crippen LogP contribution in [0.25, 0.3) is 0 Å². The van der Waals surface area contributed by atoms with Crippen LogP contribution in [0.15, 0.2) is 0 Å². The summed E-state index contributed by atoms with van der Waals surface area (Å²) in [6.07, 6.45) is 6.83. The van der Waals surface area contributed by atoms with Crippen LogP contribution in [0.1, 0.15) is 65.7 Å². The molecule has 3 rings (SSSR count). The van der Waals surface area contributed by atoms with Crippen molar-refractivity contribution in [2.24, 2.45) is 28.1 Å². The number of methoxy groups -OCH3 is 1. The smallest absolute Gasteiger partial charge is 0.311 e. The van der Waals surface area contributed by atoms with Gasteiger partial charge in [0.25, 0.3) is 0 Å². The van der Waals surface area contributed by atoms with Crippen molar-refractivity contribution >= 4 is 11.8 Å². The predicted molar refractivity (Wildman–Crippen MR) is 80.6 cm³/mol. The maximum Gasteiger partial charge on any atom is 0.311 e. The van der Waals surface area contributed by atoms with Gasteiger partial charge in [0.05, 0.1) is 12.5 Å². The summed E-state index contributed by atoms with van der Waals surface area (Å²) in [5.41, 5.74) is -0.394. The minimum absolute atomic E-state index is 0.0497. The zero-order valence-electron chi connectivity index (χ0n) is 13.8. The largest absolute Gasteiger partial charge is 0.469 e. The van der Waals surface area contributed by atoms with E-state index >= 15 is 0 Å². The van der Waals surface area contributed by atoms with Gasteiger partial charge in [0.2, 0.25) is 0 Å². The molecule has 0 aliphatic heterocycles. The Balaban J connectivity index is 2.01. The van der Waals surface area contributed by atoms with Gasteiger partial charge in [-0.25, -0.2) is 0 Å². The van der Waals surface area contributed by atoms with Gasteiger partial charge in [0.1, 0.15) is 5.78 Å². The maximum atomic E-state index is 12.4. The molecule has 0 aromatic carbocycles. The van der Waals surface area contributed by atoms with Crippen LogP contribution in [0.5, 0.6) is 0 Å². The lowest BCUT2D eigenvalue weighted by atomic mass is 9.43. The fourth-order valence-corrected chi connectivity index (χ4v) is 6.34. The van der Waals surface area contributed by atoms with Crippen molar-refractivity contribution in [3.05, 3.63) is 0 Å². The number of esters is 1. The minimum atomic E-state index is -0.366. The summed E-state index contributed by atoms with van der Waals surface area (Å²) in [5.74, 6) is 1.21. The second-order valence-corrected chi connectivity index (χ2v) is 8.29. The summed E-state index contributed by atoms with van der Waals surface area (Å²) in [7, 11) is 1.51. The van der Waals surface area contributed by atoms with Crippen molar-refractivity contribution in [3.63, 3.8) is 0 Å². The van der Waals surface area contributed by atoms with Crippen molar-refractivity contribution < 1.29 is 14.3 Å². The van der Waals surface area contributed by atoms with Gasteiger partial charge < -0.3 is 4.74 Å². The van der Waals surface area contributed by atoms with Gasteiger partial charge in [-0.2, -0.15) is 0 Å². The van der Waals surface area contributed by atoms with Crippen molar-refractivity contribution in [1.29, 1.82) is 0 Å². The summed E-state index contributed by atoms with van der Waals surface area (Å²) in [5, 5.41) is 0. The number of ketones is 1. The molecule has 3 aliphatic carbocycles. The lowest BCUT2D eigenvalue weighted by Crippen LogP contribution is -2.57. The molecule has 0 aromatic heterocycles. The summed E-state index contributed by atoms with van der Waals surface area (Å²) < 4.78 is 5.14. The third-order valence-corrected chi connectivity index (χ3v) is 7.44. The molecule has 0 radical (unpaired) electrons. The molecule has 0 saturated heterocycles. The monoisotopic (exact) mass is 292 g/mol. The highest BCUT2D eigenvalue weighted by Crippen LogP contribution is 2.67. The SMILES string of the molecule is COC(=O)[C@]1(C)CCC[C@@]2(C)[C@H]1CC[C@]1(C)C(=O)CC[C@H]21. The summed E-state index contributed by atoms with van der Waals surface area (Å²) in [4.78, 5) is 24.8. The maximum absolute atomic E-state index is 12.4. The Morgan fingerprint density at radius 1 is 1.10 bits per heavy atom. The lowest BCUT2D eigenvalue weighted by Gasteiger charge is -2.60. The van der Waals surface area contributed by atoms with E-state index in [0.717, 1.165) is 44.9 Å². The van der Waals surface area contributed by atoms with E-state index in [2.05, 4.69) is 20.8 Å². The number of rotatable bonds is 1. The van der Waals surface area contributed by atoms with E-state index < -0.39 is 0 Å². The highest BCUT2D eigenvalue weighted by molar-refractivity contribution is 5.87. The Bertz CT molecular complexity index is 485. The molecule has 118 valence electrons. The third-order valence-electron chi connectivity index (χ3n) is 7.44. The molecule has 0 N–H and O–H groups in total. The van der Waals surface area contributed by atoms with E-state index in [1.807, 2.05) is 0 Å². The normalized spacial score (nSPS) is 49.4. The third kappa shape index (κ3) is 1.78. The quantitative estimate of drug-likeness (QED) is 0.691. The molecule has 0 aromatic rings. The molecule has 5 atom stereocenters. The van der Waals surface area contributed by atoms with E-state index in [0.29, 0.717) is 17.6 Å². The second kappa shape index (κ2) is 4.57. The van der Waals surface area contributed by atoms with Gasteiger partial charge in [-0.15, -0.1) is 0 Å². The molecule has 3 heteroatoms. The van der Waals surface area contributed by atoms with Crippen molar-refractivity contribution in [2.75, 3.05) is 7.11 Å². The van der Waals surface area contributed by atoms with E-state index in [1.54, 1.807) is 0 Å². The van der Waals surface area contributed by atoms with E-state index in [4.69, 9.17) is 4.74 Å². The first-order valence-electron chi connectivity index (χ1n) is 8.41. The molecule has 21 heavy (non-hydrogen) atoms. The van der Waals surface area contributed by atoms with Crippen LogP contribution in [0.4, 0.5) is 0 Å². The van der Waals surface area contributed by atoms with Crippen LogP contribution < -0.4 is 0 Å². The first-order chi connectivity index (χ1) is 9.79. The zero-order chi connectivity index (χ0) is 15.5. The number of Topliss-reactive ketones (excluding diaryl/α,β-unsaturated/α-hetero) is 1. The average molecular weight is 292 g/mol. The number of fused-ring (bicyclic) bond motifs is 3. The zero-order valence-corrected chi connectivity index (χ0v) is 13.8. The number of hydrogen-bond donors (Lipinski definition) is 0. The van der Waals surface area contributed by atoms with Crippen LogP contribution in [-0.2, 0) is 14.3 Å². The van der Waals surface area contributed by atoms with Crippen molar-refractivity contribution in [1.82, 2.24) is 0 Å². The van der Waals surface area contributed by atoms with E-state index in [9.17, 15) is 9.59 Å². The summed E-state index contributed by atoms with van der Waals surface area (Å²) >= 11 is 0. The molecular formula is C18H28O3. The van der Waals surface area contributed by atoms with E-state index in [-0.39, 0.29) is 22.2 Å². The van der Waals surface area contributed by atoms with Crippen LogP contribution in [0, 0.1) is 28.1 Å². The van der Waals surface area contributed by atoms with Gasteiger partial charge in [-0.1, -0.05) is 20.3 Å². The van der Waals surface area contributed by atoms with Crippen LogP contribution in [-0.4, -0.2) is 18.9 Å². The van der Waals surface area contributed by atoms with Gasteiger partial charge in [-0.05, 0) is 56.3 Å². The predicted octanol–water partition coefficient (Wildman–Crippen LogP) is 3.75. The Morgan fingerprint density at radius 2 is 1.81 bits per heavy atom. The standard InChI is InChI=1S/C18H28O3/c1-16-9-5-10-18(3,15(20)21-4)13(16)8-11-17(2)12(16)6-7-14(17)19/h12-13H,5-11H2,1-4H3/t12-,13-,16-,17+,18-/m1/s1. The fourth-order valence-electron chi connectivity index (χ4n) is 6.34. The van der Waals surface area contributed by atoms with Gasteiger partial charge >= 0.3 is 5.97 Å². The first kappa shape index (κ1) is 15.1. The first-order valence-corrected chi connectivity index (χ1v) is 8.41. The molecule has 3 fully saturated rings. The Hall–Kier alpha value is -0.860. The lowest BCUT2D eigenvalue weighted by molar-refractivity contribution is -0.177. The van der Waals surface area contributed by atoms with Crippen LogP contribution in [0.3, 0.4) is 0 Å². The second-order valence-electron chi connectivity index (χ2n) is 8.29. The molecule has 0 spiro atoms. The van der Waals surface area contributed by atoms with Crippen molar-refractivity contribution in [2.45, 2.75) is 65.7 Å². The number of hydrogen-bond acceptors (Lipinski definition) is 3. The topological polar surface area (TPSA) is 43.4 Å². The number of carbonyl (C=O) groups excluding carboxylic acids is 2. The van der Waals surface area contributed by atoms with Crippen LogP contribution in [0.2, 0.25) is 0 Å². The van der Waals surface area contributed by atoms with Crippen molar-refractivity contribution in [3.8, 4) is 0 Å². The highest BCUT2D eigenvalue weighted by atomic mass is 16.5. The van der Waals surface area contributed by atoms with E-state index in [1.165, 1.54) is 7.11 Å². The molecule has 3 nitrogen and oxygen atoms in total. The van der Waals surface area contributed by atoms with Crippen LogP contribution >= 0.6 is 0 Å². The summed E-state index contributed by atoms with van der Waals surface area (Å²) in [6.45, 7) is 6.62. The van der Waals surface area contributed by atoms with Gasteiger partial charge in [0, 0.05) is 11.8 Å².